The van der Waals surface area contributed by atoms with Crippen molar-refractivity contribution >= 4 is 23.1 Å². The number of likely N-dealkylation sites (tertiary alicyclic amines) is 1. The summed E-state index contributed by atoms with van der Waals surface area (Å²) in [5.41, 5.74) is 5.53. The second-order valence-electron chi connectivity index (χ2n) is 5.52. The van der Waals surface area contributed by atoms with Crippen LogP contribution in [0.3, 0.4) is 0 Å². The Morgan fingerprint density at radius 3 is 2.56 bits per heavy atom. The summed E-state index contributed by atoms with van der Waals surface area (Å²) in [6, 6.07) is 0.326. The van der Waals surface area contributed by atoms with Crippen LogP contribution in [0.4, 0.5) is 0 Å². The number of nitrogens with one attached hydrogen (secondary N) is 1. The first kappa shape index (κ1) is 15.4. The summed E-state index contributed by atoms with van der Waals surface area (Å²) in [4.78, 5) is 14.5. The van der Waals surface area contributed by atoms with Gasteiger partial charge in [0.15, 0.2) is 0 Å². The maximum atomic E-state index is 11.7. The van der Waals surface area contributed by atoms with Crippen molar-refractivity contribution in [2.45, 2.75) is 45.6 Å². The average Bonchev–Trinajstić information content (AvgIpc) is 2.28. The van der Waals surface area contributed by atoms with E-state index in [-0.39, 0.29) is 5.91 Å². The van der Waals surface area contributed by atoms with E-state index in [2.05, 4.69) is 24.1 Å². The molecular formula is C13H25N3OS. The van der Waals surface area contributed by atoms with Gasteiger partial charge >= 0.3 is 0 Å². The van der Waals surface area contributed by atoms with E-state index in [0.717, 1.165) is 32.4 Å². The minimum Gasteiger partial charge on any atom is -0.392 e. The summed E-state index contributed by atoms with van der Waals surface area (Å²) < 4.78 is 0. The highest BCUT2D eigenvalue weighted by molar-refractivity contribution is 7.80. The normalized spacial score (nSPS) is 17.9. The number of nitrogens with two attached hydrogens (primary N) is 1. The zero-order chi connectivity index (χ0) is 13.5. The number of amides is 1. The Labute approximate surface area is 115 Å². The van der Waals surface area contributed by atoms with Crippen molar-refractivity contribution in [1.29, 1.82) is 0 Å². The van der Waals surface area contributed by atoms with Crippen molar-refractivity contribution in [1.82, 2.24) is 10.2 Å². The van der Waals surface area contributed by atoms with Crippen LogP contribution in [0.1, 0.15) is 39.5 Å². The van der Waals surface area contributed by atoms with Gasteiger partial charge in [0.2, 0.25) is 5.91 Å². The first-order chi connectivity index (χ1) is 8.47. The van der Waals surface area contributed by atoms with Crippen molar-refractivity contribution in [3.8, 4) is 0 Å². The second kappa shape index (κ2) is 7.69. The maximum Gasteiger partial charge on any atom is 0.220 e. The molecule has 0 saturated carbocycles. The zero-order valence-electron chi connectivity index (χ0n) is 11.4. The number of nitrogens with zero attached hydrogens (tertiary/aromatic N) is 1. The highest BCUT2D eigenvalue weighted by Crippen LogP contribution is 2.11. The number of hydrogen-bond donors (Lipinski definition) is 2. The number of carbonyl (C=O) groups excluding carboxylic acids is 1. The fraction of sp³-hybridized carbons (Fsp3) is 0.846. The molecule has 1 rings (SSSR count). The third-order valence-corrected chi connectivity index (χ3v) is 3.41. The van der Waals surface area contributed by atoms with Gasteiger partial charge in [-0.2, -0.15) is 0 Å². The predicted octanol–water partition coefficient (Wildman–Crippen LogP) is 1.29. The number of hydrogen-bond acceptors (Lipinski definition) is 3. The van der Waals surface area contributed by atoms with E-state index in [0.29, 0.717) is 29.9 Å². The van der Waals surface area contributed by atoms with Gasteiger partial charge in [0.25, 0.3) is 0 Å². The lowest BCUT2D eigenvalue weighted by Gasteiger charge is -2.32. The molecule has 0 aromatic heterocycles. The zero-order valence-corrected chi connectivity index (χ0v) is 12.3. The molecule has 0 aromatic rings. The number of rotatable bonds is 6. The molecular weight excluding hydrogens is 246 g/mol. The van der Waals surface area contributed by atoms with Crippen LogP contribution in [0.5, 0.6) is 0 Å². The van der Waals surface area contributed by atoms with E-state index >= 15 is 0 Å². The van der Waals surface area contributed by atoms with E-state index in [4.69, 9.17) is 18.0 Å². The topological polar surface area (TPSA) is 58.4 Å². The average molecular weight is 271 g/mol. The van der Waals surface area contributed by atoms with E-state index < -0.39 is 0 Å². The summed E-state index contributed by atoms with van der Waals surface area (Å²) in [5, 5.41) is 3.12. The van der Waals surface area contributed by atoms with Crippen molar-refractivity contribution in [2.24, 2.45) is 11.7 Å². The van der Waals surface area contributed by atoms with Gasteiger partial charge in [-0.05, 0) is 25.2 Å². The SMILES string of the molecule is CC(C)CCC(=O)NC1CCN(CC(N)=S)CC1. The summed E-state index contributed by atoms with van der Waals surface area (Å²) in [5.74, 6) is 0.777. The third kappa shape index (κ3) is 6.31. The summed E-state index contributed by atoms with van der Waals surface area (Å²) in [7, 11) is 0. The fourth-order valence-electron chi connectivity index (χ4n) is 2.18. The van der Waals surface area contributed by atoms with E-state index in [1.54, 1.807) is 0 Å². The predicted molar refractivity (Wildman–Crippen MR) is 78.5 cm³/mol. The Hall–Kier alpha value is -0.680. The maximum absolute atomic E-state index is 11.7. The number of piperidine rings is 1. The summed E-state index contributed by atoms with van der Waals surface area (Å²) >= 11 is 4.90. The number of carbonyl (C=O) groups is 1. The van der Waals surface area contributed by atoms with Crippen LogP contribution in [-0.4, -0.2) is 41.5 Å². The minimum atomic E-state index is 0.191. The van der Waals surface area contributed by atoms with Gasteiger partial charge in [0.1, 0.15) is 0 Å². The standard InChI is InChI=1S/C13H25N3OS/c1-10(2)3-4-13(17)15-11-5-7-16(8-6-11)9-12(14)18/h10-11H,3-9H2,1-2H3,(H2,14,18)(H,15,17). The molecule has 1 amide bonds. The van der Waals surface area contributed by atoms with Crippen LogP contribution >= 0.6 is 12.2 Å². The first-order valence-electron chi connectivity index (χ1n) is 6.77. The molecule has 0 atom stereocenters. The van der Waals surface area contributed by atoms with Crippen LogP contribution in [0, 0.1) is 5.92 Å². The summed E-state index contributed by atoms with van der Waals surface area (Å²) in [6.07, 6.45) is 3.60. The first-order valence-corrected chi connectivity index (χ1v) is 7.18. The lowest BCUT2D eigenvalue weighted by atomic mass is 10.0. The number of thiocarbonyl (C=S) groups is 1. The van der Waals surface area contributed by atoms with Crippen LogP contribution in [-0.2, 0) is 4.79 Å². The van der Waals surface area contributed by atoms with Crippen LogP contribution in [0.15, 0.2) is 0 Å². The molecule has 1 heterocycles. The molecule has 104 valence electrons. The Morgan fingerprint density at radius 1 is 1.44 bits per heavy atom. The Kier molecular flexibility index (Phi) is 6.57. The highest BCUT2D eigenvalue weighted by Gasteiger charge is 2.20. The van der Waals surface area contributed by atoms with Gasteiger partial charge in [-0.1, -0.05) is 26.1 Å². The molecule has 1 aliphatic rings. The van der Waals surface area contributed by atoms with Crippen molar-refractivity contribution in [2.75, 3.05) is 19.6 Å². The van der Waals surface area contributed by atoms with Gasteiger partial charge in [-0.15, -0.1) is 0 Å². The molecule has 0 radical (unpaired) electrons. The van der Waals surface area contributed by atoms with Crippen LogP contribution < -0.4 is 11.1 Å². The monoisotopic (exact) mass is 271 g/mol. The molecule has 1 saturated heterocycles. The van der Waals surface area contributed by atoms with E-state index in [1.807, 2.05) is 0 Å². The highest BCUT2D eigenvalue weighted by atomic mass is 32.1. The molecule has 0 unspecified atom stereocenters. The molecule has 0 aliphatic carbocycles. The van der Waals surface area contributed by atoms with Crippen molar-refractivity contribution in [3.63, 3.8) is 0 Å². The second-order valence-corrected chi connectivity index (χ2v) is 6.04. The van der Waals surface area contributed by atoms with Gasteiger partial charge < -0.3 is 11.1 Å². The minimum absolute atomic E-state index is 0.191. The third-order valence-electron chi connectivity index (χ3n) is 3.28. The summed E-state index contributed by atoms with van der Waals surface area (Å²) in [6.45, 7) is 6.91. The Bertz CT molecular complexity index is 286. The quantitative estimate of drug-likeness (QED) is 0.715. The molecule has 18 heavy (non-hydrogen) atoms. The molecule has 0 bridgehead atoms. The van der Waals surface area contributed by atoms with Gasteiger partial charge in [-0.25, -0.2) is 0 Å². The Balaban J connectivity index is 2.18. The molecule has 1 fully saturated rings. The van der Waals surface area contributed by atoms with Crippen molar-refractivity contribution < 1.29 is 4.79 Å². The molecule has 0 aromatic carbocycles. The molecule has 4 nitrogen and oxygen atoms in total. The van der Waals surface area contributed by atoms with Gasteiger partial charge in [0.05, 0.1) is 4.99 Å². The van der Waals surface area contributed by atoms with Crippen LogP contribution in [0.25, 0.3) is 0 Å². The van der Waals surface area contributed by atoms with Crippen LogP contribution in [0.2, 0.25) is 0 Å². The largest absolute Gasteiger partial charge is 0.392 e. The van der Waals surface area contributed by atoms with E-state index in [1.165, 1.54) is 0 Å². The van der Waals surface area contributed by atoms with Gasteiger partial charge in [0, 0.05) is 32.1 Å². The van der Waals surface area contributed by atoms with Crippen molar-refractivity contribution in [3.05, 3.63) is 0 Å². The smallest absolute Gasteiger partial charge is 0.220 e. The van der Waals surface area contributed by atoms with E-state index in [9.17, 15) is 4.79 Å². The lowest BCUT2D eigenvalue weighted by Crippen LogP contribution is -2.46. The lowest BCUT2D eigenvalue weighted by molar-refractivity contribution is -0.122. The molecule has 3 N–H and O–H groups in total. The molecule has 0 spiro atoms. The molecule has 5 heteroatoms. The fourth-order valence-corrected chi connectivity index (χ4v) is 2.36. The Morgan fingerprint density at radius 2 is 2.06 bits per heavy atom. The molecule has 1 aliphatic heterocycles. The van der Waals surface area contributed by atoms with Gasteiger partial charge in [-0.3, -0.25) is 9.69 Å².